The van der Waals surface area contributed by atoms with Gasteiger partial charge >= 0.3 is 0 Å². The molecule has 0 saturated heterocycles. The van der Waals surface area contributed by atoms with E-state index in [1.165, 1.54) is 35.3 Å². The van der Waals surface area contributed by atoms with Gasteiger partial charge in [-0.3, -0.25) is 14.4 Å². The summed E-state index contributed by atoms with van der Waals surface area (Å²) in [5, 5.41) is 9.50. The van der Waals surface area contributed by atoms with Crippen molar-refractivity contribution in [2.45, 2.75) is 19.3 Å². The maximum atomic E-state index is 13.3. The van der Waals surface area contributed by atoms with Crippen LogP contribution >= 0.6 is 0 Å². The van der Waals surface area contributed by atoms with Crippen LogP contribution in [0.25, 0.3) is 5.69 Å². The molecule has 0 unspecified atom stereocenters. The summed E-state index contributed by atoms with van der Waals surface area (Å²) in [4.78, 5) is 37.1. The molecule has 7 nitrogen and oxygen atoms in total. The van der Waals surface area contributed by atoms with Gasteiger partial charge in [-0.1, -0.05) is 18.2 Å². The van der Waals surface area contributed by atoms with Crippen LogP contribution in [-0.4, -0.2) is 21.6 Å². The minimum absolute atomic E-state index is 0.0766. The maximum absolute atomic E-state index is 13.3. The predicted octanol–water partition coefficient (Wildman–Crippen LogP) is 2.81. The van der Waals surface area contributed by atoms with Crippen LogP contribution in [0, 0.1) is 12.7 Å². The van der Waals surface area contributed by atoms with Crippen molar-refractivity contribution in [2.24, 2.45) is 0 Å². The number of nitrogens with zero attached hydrogens (tertiary/aromatic N) is 2. The van der Waals surface area contributed by atoms with Crippen molar-refractivity contribution in [2.75, 3.05) is 5.32 Å². The van der Waals surface area contributed by atoms with Gasteiger partial charge in [-0.2, -0.15) is 9.78 Å². The minimum atomic E-state index is -0.503. The zero-order chi connectivity index (χ0) is 22.0. The van der Waals surface area contributed by atoms with Gasteiger partial charge in [0.2, 0.25) is 5.91 Å². The van der Waals surface area contributed by atoms with Crippen molar-refractivity contribution in [3.05, 3.63) is 99.9 Å². The Morgan fingerprint density at radius 3 is 2.68 bits per heavy atom. The number of carbonyl (C=O) groups is 2. The monoisotopic (exact) mass is 418 g/mol. The molecule has 1 atom stereocenters. The second kappa shape index (κ2) is 8.35. The zero-order valence-electron chi connectivity index (χ0n) is 16.6. The molecule has 156 valence electrons. The number of hydrogen-bond acceptors (Lipinski definition) is 4. The van der Waals surface area contributed by atoms with E-state index in [-0.39, 0.29) is 17.9 Å². The molecule has 1 aromatic heterocycles. The molecule has 1 aliphatic rings. The number of aryl methyl sites for hydroxylation is 1. The largest absolute Gasteiger partial charge is 0.332 e. The summed E-state index contributed by atoms with van der Waals surface area (Å²) in [7, 11) is 0. The SMILES string of the molecule is Cc1ccc(-n2ncccc2=O)cc1NC(=O)C1=CNC(=O)C[C@H]1c1ccc(F)cc1. The number of carbonyl (C=O) groups excluding carboxylic acids is 2. The summed E-state index contributed by atoms with van der Waals surface area (Å²) in [6, 6.07) is 13.9. The second-order valence-electron chi connectivity index (χ2n) is 7.20. The van der Waals surface area contributed by atoms with Crippen molar-refractivity contribution in [3.63, 3.8) is 0 Å². The molecule has 3 aromatic rings. The predicted molar refractivity (Wildman–Crippen MR) is 113 cm³/mol. The molecule has 8 heteroatoms. The third-order valence-corrected chi connectivity index (χ3v) is 5.12. The second-order valence-corrected chi connectivity index (χ2v) is 7.20. The third-order valence-electron chi connectivity index (χ3n) is 5.12. The van der Waals surface area contributed by atoms with E-state index in [1.54, 1.807) is 36.4 Å². The van der Waals surface area contributed by atoms with Crippen LogP contribution in [0.2, 0.25) is 0 Å². The molecule has 0 aliphatic carbocycles. The van der Waals surface area contributed by atoms with Crippen molar-refractivity contribution in [1.82, 2.24) is 15.1 Å². The fourth-order valence-corrected chi connectivity index (χ4v) is 3.45. The first-order valence-electron chi connectivity index (χ1n) is 9.64. The number of anilines is 1. The Morgan fingerprint density at radius 2 is 1.94 bits per heavy atom. The van der Waals surface area contributed by atoms with Crippen LogP contribution in [0.5, 0.6) is 0 Å². The number of halogens is 1. The normalized spacial score (nSPS) is 15.7. The van der Waals surface area contributed by atoms with Crippen molar-refractivity contribution >= 4 is 17.5 Å². The van der Waals surface area contributed by atoms with Gasteiger partial charge in [-0.15, -0.1) is 0 Å². The van der Waals surface area contributed by atoms with Gasteiger partial charge in [-0.25, -0.2) is 4.39 Å². The van der Waals surface area contributed by atoms with Crippen molar-refractivity contribution in [1.29, 1.82) is 0 Å². The topological polar surface area (TPSA) is 93.1 Å². The lowest BCUT2D eigenvalue weighted by molar-refractivity contribution is -0.121. The Kier molecular flexibility index (Phi) is 5.44. The summed E-state index contributed by atoms with van der Waals surface area (Å²) < 4.78 is 14.6. The number of hydrogen-bond donors (Lipinski definition) is 2. The fourth-order valence-electron chi connectivity index (χ4n) is 3.45. The van der Waals surface area contributed by atoms with Gasteiger partial charge in [0.05, 0.1) is 5.69 Å². The molecule has 0 bridgehead atoms. The summed E-state index contributed by atoms with van der Waals surface area (Å²) in [6.45, 7) is 1.83. The number of aromatic nitrogens is 2. The molecule has 2 N–H and O–H groups in total. The lowest BCUT2D eigenvalue weighted by Crippen LogP contribution is -2.32. The Balaban J connectivity index is 1.64. The number of nitrogens with one attached hydrogen (secondary N) is 2. The first-order chi connectivity index (χ1) is 14.9. The summed E-state index contributed by atoms with van der Waals surface area (Å²) in [5.74, 6) is -1.52. The highest BCUT2D eigenvalue weighted by atomic mass is 19.1. The highest BCUT2D eigenvalue weighted by Gasteiger charge is 2.29. The van der Waals surface area contributed by atoms with E-state index in [4.69, 9.17) is 0 Å². The Bertz CT molecular complexity index is 1250. The quantitative estimate of drug-likeness (QED) is 0.681. The van der Waals surface area contributed by atoms with Crippen LogP contribution < -0.4 is 16.2 Å². The van der Waals surface area contributed by atoms with E-state index >= 15 is 0 Å². The molecule has 0 spiro atoms. The van der Waals surface area contributed by atoms with Gasteiger partial charge in [0.25, 0.3) is 11.5 Å². The molecule has 31 heavy (non-hydrogen) atoms. The van der Waals surface area contributed by atoms with E-state index in [9.17, 15) is 18.8 Å². The van der Waals surface area contributed by atoms with Gasteiger partial charge in [-0.05, 0) is 48.4 Å². The molecule has 4 rings (SSSR count). The first kappa shape index (κ1) is 20.2. The molecule has 2 heterocycles. The maximum Gasteiger partial charge on any atom is 0.271 e. The molecule has 2 amide bonds. The smallest absolute Gasteiger partial charge is 0.271 e. The van der Waals surface area contributed by atoms with E-state index in [2.05, 4.69) is 15.7 Å². The lowest BCUT2D eigenvalue weighted by atomic mass is 9.86. The summed E-state index contributed by atoms with van der Waals surface area (Å²) in [5.41, 5.74) is 2.54. The van der Waals surface area contributed by atoms with Crippen LogP contribution in [0.4, 0.5) is 10.1 Å². The average Bonchev–Trinajstić information content (AvgIpc) is 2.76. The highest BCUT2D eigenvalue weighted by Crippen LogP contribution is 2.31. The average molecular weight is 418 g/mol. The summed E-state index contributed by atoms with van der Waals surface area (Å²) in [6.07, 6.45) is 2.97. The third kappa shape index (κ3) is 4.28. The fraction of sp³-hybridized carbons (Fsp3) is 0.130. The number of amides is 2. The molecular formula is C23H19FN4O3. The van der Waals surface area contributed by atoms with Crippen molar-refractivity contribution in [3.8, 4) is 5.69 Å². The molecule has 1 aliphatic heterocycles. The van der Waals surface area contributed by atoms with E-state index < -0.39 is 17.6 Å². The Hall–Kier alpha value is -4.07. The molecule has 2 aromatic carbocycles. The van der Waals surface area contributed by atoms with E-state index in [0.29, 0.717) is 22.5 Å². The van der Waals surface area contributed by atoms with Crippen LogP contribution in [0.1, 0.15) is 23.5 Å². The molecule has 0 saturated carbocycles. The Morgan fingerprint density at radius 1 is 1.16 bits per heavy atom. The number of benzene rings is 2. The highest BCUT2D eigenvalue weighted by molar-refractivity contribution is 6.06. The zero-order valence-corrected chi connectivity index (χ0v) is 16.6. The van der Waals surface area contributed by atoms with Crippen LogP contribution in [0.15, 0.2) is 77.4 Å². The van der Waals surface area contributed by atoms with Gasteiger partial charge in [0, 0.05) is 42.1 Å². The molecular weight excluding hydrogens is 399 g/mol. The molecule has 0 fully saturated rings. The van der Waals surface area contributed by atoms with Gasteiger partial charge in [0.15, 0.2) is 0 Å². The van der Waals surface area contributed by atoms with Crippen LogP contribution in [-0.2, 0) is 9.59 Å². The number of rotatable bonds is 4. The van der Waals surface area contributed by atoms with E-state index in [1.807, 2.05) is 6.92 Å². The standard InChI is InChI=1S/C23H19FN4O3/c1-14-4-9-17(28-22(30)3-2-10-26-28)11-20(14)27-23(31)19-13-25-21(29)12-18(19)15-5-7-16(24)8-6-15/h2-11,13,18H,12H2,1H3,(H,25,29)(H,27,31)/t18-/m0/s1. The summed E-state index contributed by atoms with van der Waals surface area (Å²) >= 11 is 0. The van der Waals surface area contributed by atoms with E-state index in [0.717, 1.165) is 5.56 Å². The van der Waals surface area contributed by atoms with Gasteiger partial charge in [0.1, 0.15) is 5.82 Å². The minimum Gasteiger partial charge on any atom is -0.332 e. The molecule has 0 radical (unpaired) electrons. The lowest BCUT2D eigenvalue weighted by Gasteiger charge is -2.24. The van der Waals surface area contributed by atoms with Gasteiger partial charge < -0.3 is 10.6 Å². The first-order valence-corrected chi connectivity index (χ1v) is 9.64. The Labute approximate surface area is 177 Å². The van der Waals surface area contributed by atoms with Crippen molar-refractivity contribution < 1.29 is 14.0 Å². The van der Waals surface area contributed by atoms with Crippen LogP contribution in [0.3, 0.4) is 0 Å².